The summed E-state index contributed by atoms with van der Waals surface area (Å²) in [5.41, 5.74) is 0. The molecule has 0 bridgehead atoms. The van der Waals surface area contributed by atoms with Crippen LogP contribution in [0.4, 0.5) is 0 Å². The van der Waals surface area contributed by atoms with E-state index in [9.17, 15) is 9.90 Å². The highest BCUT2D eigenvalue weighted by Crippen LogP contribution is 2.24. The number of hydrogen-bond donors (Lipinski definition) is 2. The van der Waals surface area contributed by atoms with E-state index in [1.165, 1.54) is 0 Å². The summed E-state index contributed by atoms with van der Waals surface area (Å²) in [6.07, 6.45) is 2.46. The molecule has 0 aromatic rings. The van der Waals surface area contributed by atoms with Gasteiger partial charge in [-0.25, -0.2) is 0 Å². The van der Waals surface area contributed by atoms with E-state index in [0.29, 0.717) is 12.3 Å². The van der Waals surface area contributed by atoms with Crippen LogP contribution in [0, 0.1) is 11.8 Å². The quantitative estimate of drug-likeness (QED) is 0.704. The van der Waals surface area contributed by atoms with Crippen LogP contribution in [0.15, 0.2) is 0 Å². The summed E-state index contributed by atoms with van der Waals surface area (Å²) >= 11 is 0. The van der Waals surface area contributed by atoms with E-state index in [0.717, 1.165) is 12.8 Å². The highest BCUT2D eigenvalue weighted by molar-refractivity contribution is 5.78. The van der Waals surface area contributed by atoms with Gasteiger partial charge in [0.05, 0.1) is 6.10 Å². The van der Waals surface area contributed by atoms with Gasteiger partial charge in [-0.05, 0) is 25.2 Å². The molecule has 3 nitrogen and oxygen atoms in total. The minimum atomic E-state index is -0.249. The molecule has 2 N–H and O–H groups in total. The SMILES string of the molecule is CC(C)C(=O)N[C@@H]1CC[C@@H](C)[C@H](O)C1. The van der Waals surface area contributed by atoms with Gasteiger partial charge in [0, 0.05) is 12.0 Å². The fourth-order valence-corrected chi connectivity index (χ4v) is 1.80. The minimum Gasteiger partial charge on any atom is -0.393 e. The first kappa shape index (κ1) is 11.5. The van der Waals surface area contributed by atoms with Gasteiger partial charge in [0.15, 0.2) is 0 Å². The molecule has 0 radical (unpaired) electrons. The van der Waals surface area contributed by atoms with Gasteiger partial charge in [-0.15, -0.1) is 0 Å². The molecular formula is C11H21NO2. The molecule has 0 saturated heterocycles. The van der Waals surface area contributed by atoms with Crippen molar-refractivity contribution in [1.82, 2.24) is 5.32 Å². The van der Waals surface area contributed by atoms with Crippen LogP contribution >= 0.6 is 0 Å². The number of hydrogen-bond acceptors (Lipinski definition) is 2. The van der Waals surface area contributed by atoms with Crippen molar-refractivity contribution in [2.45, 2.75) is 52.2 Å². The molecule has 82 valence electrons. The molecule has 0 spiro atoms. The van der Waals surface area contributed by atoms with Gasteiger partial charge in [-0.1, -0.05) is 20.8 Å². The average molecular weight is 199 g/mol. The van der Waals surface area contributed by atoms with E-state index < -0.39 is 0 Å². The van der Waals surface area contributed by atoms with Crippen molar-refractivity contribution in [3.63, 3.8) is 0 Å². The molecule has 0 heterocycles. The summed E-state index contributed by atoms with van der Waals surface area (Å²) < 4.78 is 0. The van der Waals surface area contributed by atoms with E-state index in [4.69, 9.17) is 0 Å². The zero-order valence-electron chi connectivity index (χ0n) is 9.29. The van der Waals surface area contributed by atoms with Crippen LogP contribution in [-0.4, -0.2) is 23.2 Å². The molecular weight excluding hydrogens is 178 g/mol. The van der Waals surface area contributed by atoms with Gasteiger partial charge in [-0.3, -0.25) is 4.79 Å². The molecule has 1 saturated carbocycles. The summed E-state index contributed by atoms with van der Waals surface area (Å²) in [6, 6.07) is 0.177. The minimum absolute atomic E-state index is 0.0338. The second-order valence-electron chi connectivity index (χ2n) is 4.72. The normalized spacial score (nSPS) is 33.1. The molecule has 1 aliphatic rings. The Kier molecular flexibility index (Phi) is 3.93. The molecule has 0 aromatic carbocycles. The molecule has 1 rings (SSSR count). The number of amides is 1. The highest BCUT2D eigenvalue weighted by atomic mass is 16.3. The Bertz CT molecular complexity index is 203. The van der Waals surface area contributed by atoms with E-state index >= 15 is 0 Å². The van der Waals surface area contributed by atoms with Crippen LogP contribution in [0.5, 0.6) is 0 Å². The molecule has 1 aliphatic carbocycles. The molecule has 3 atom stereocenters. The lowest BCUT2D eigenvalue weighted by molar-refractivity contribution is -0.125. The molecule has 14 heavy (non-hydrogen) atoms. The summed E-state index contributed by atoms with van der Waals surface area (Å²) in [4.78, 5) is 11.4. The first-order chi connectivity index (χ1) is 6.50. The van der Waals surface area contributed by atoms with Crippen LogP contribution in [0.1, 0.15) is 40.0 Å². The highest BCUT2D eigenvalue weighted by Gasteiger charge is 2.27. The lowest BCUT2D eigenvalue weighted by Gasteiger charge is -2.31. The summed E-state index contributed by atoms with van der Waals surface area (Å²) in [6.45, 7) is 5.83. The number of nitrogens with one attached hydrogen (secondary N) is 1. The number of aliphatic hydroxyl groups is 1. The molecule has 3 heteroatoms. The summed E-state index contributed by atoms with van der Waals surface area (Å²) in [5.74, 6) is 0.505. The third-order valence-corrected chi connectivity index (χ3v) is 3.02. The van der Waals surface area contributed by atoms with E-state index in [1.54, 1.807) is 0 Å². The molecule has 0 aromatic heterocycles. The van der Waals surface area contributed by atoms with Gasteiger partial charge in [0.2, 0.25) is 5.91 Å². The van der Waals surface area contributed by atoms with Crippen LogP contribution in [0.3, 0.4) is 0 Å². The third kappa shape index (κ3) is 2.98. The lowest BCUT2D eigenvalue weighted by atomic mass is 9.84. The van der Waals surface area contributed by atoms with Crippen LogP contribution in [0.25, 0.3) is 0 Å². The average Bonchev–Trinajstić information content (AvgIpc) is 2.11. The van der Waals surface area contributed by atoms with Crippen molar-refractivity contribution < 1.29 is 9.90 Å². The summed E-state index contributed by atoms with van der Waals surface area (Å²) in [5, 5.41) is 12.6. The topological polar surface area (TPSA) is 49.3 Å². The maximum Gasteiger partial charge on any atom is 0.222 e. The standard InChI is InChI=1S/C11H21NO2/c1-7(2)11(14)12-9-5-4-8(3)10(13)6-9/h7-10,13H,4-6H2,1-3H3,(H,12,14)/t8-,9-,10-/m1/s1. The fourth-order valence-electron chi connectivity index (χ4n) is 1.80. The maximum atomic E-state index is 11.4. The number of rotatable bonds is 2. The monoisotopic (exact) mass is 199 g/mol. The molecule has 1 amide bonds. The predicted octanol–water partition coefficient (Wildman–Crippen LogP) is 1.31. The first-order valence-corrected chi connectivity index (χ1v) is 5.49. The van der Waals surface area contributed by atoms with Gasteiger partial charge >= 0.3 is 0 Å². The zero-order valence-corrected chi connectivity index (χ0v) is 9.29. The molecule has 0 aliphatic heterocycles. The maximum absolute atomic E-state index is 11.4. The van der Waals surface area contributed by atoms with Crippen molar-refractivity contribution in [2.75, 3.05) is 0 Å². The summed E-state index contributed by atoms with van der Waals surface area (Å²) in [7, 11) is 0. The number of carbonyl (C=O) groups excluding carboxylic acids is 1. The molecule has 0 unspecified atom stereocenters. The van der Waals surface area contributed by atoms with Crippen LogP contribution in [-0.2, 0) is 4.79 Å². The second-order valence-corrected chi connectivity index (χ2v) is 4.72. The van der Waals surface area contributed by atoms with Gasteiger partial charge in [0.25, 0.3) is 0 Å². The van der Waals surface area contributed by atoms with E-state index in [2.05, 4.69) is 12.2 Å². The van der Waals surface area contributed by atoms with Crippen molar-refractivity contribution in [2.24, 2.45) is 11.8 Å². The largest absolute Gasteiger partial charge is 0.393 e. The Morgan fingerprint density at radius 1 is 1.43 bits per heavy atom. The Morgan fingerprint density at radius 2 is 2.07 bits per heavy atom. The van der Waals surface area contributed by atoms with Crippen LogP contribution < -0.4 is 5.32 Å². The smallest absolute Gasteiger partial charge is 0.222 e. The van der Waals surface area contributed by atoms with Gasteiger partial charge in [0.1, 0.15) is 0 Å². The number of carbonyl (C=O) groups is 1. The third-order valence-electron chi connectivity index (χ3n) is 3.02. The van der Waals surface area contributed by atoms with Gasteiger partial charge < -0.3 is 10.4 Å². The van der Waals surface area contributed by atoms with Crippen LogP contribution in [0.2, 0.25) is 0 Å². The second kappa shape index (κ2) is 4.78. The van der Waals surface area contributed by atoms with Crippen molar-refractivity contribution >= 4 is 5.91 Å². The van der Waals surface area contributed by atoms with Gasteiger partial charge in [-0.2, -0.15) is 0 Å². The van der Waals surface area contributed by atoms with Crippen molar-refractivity contribution in [3.05, 3.63) is 0 Å². The molecule has 1 fully saturated rings. The Labute approximate surface area is 85.9 Å². The Morgan fingerprint density at radius 3 is 2.57 bits per heavy atom. The van der Waals surface area contributed by atoms with Crippen molar-refractivity contribution in [1.29, 1.82) is 0 Å². The first-order valence-electron chi connectivity index (χ1n) is 5.49. The Hall–Kier alpha value is -0.570. The van der Waals surface area contributed by atoms with E-state index in [-0.39, 0.29) is 24.0 Å². The van der Waals surface area contributed by atoms with Crippen molar-refractivity contribution in [3.8, 4) is 0 Å². The fraction of sp³-hybridized carbons (Fsp3) is 0.909. The zero-order chi connectivity index (χ0) is 10.7. The van der Waals surface area contributed by atoms with E-state index in [1.807, 2.05) is 13.8 Å². The Balaban J connectivity index is 2.37. The lowest BCUT2D eigenvalue weighted by Crippen LogP contribution is -2.43. The predicted molar refractivity (Wildman–Crippen MR) is 55.8 cm³/mol. The number of aliphatic hydroxyl groups excluding tert-OH is 1.